The lowest BCUT2D eigenvalue weighted by Gasteiger charge is -2.27. The second kappa shape index (κ2) is 9.74. The van der Waals surface area contributed by atoms with Crippen molar-refractivity contribution in [3.05, 3.63) is 29.6 Å². The Kier molecular flexibility index (Phi) is 7.30. The highest BCUT2D eigenvalue weighted by Gasteiger charge is 2.26. The van der Waals surface area contributed by atoms with Crippen LogP contribution in [0.4, 0.5) is 9.18 Å². The first-order chi connectivity index (χ1) is 14.2. The molecule has 1 heterocycles. The zero-order valence-electron chi connectivity index (χ0n) is 17.0. The lowest BCUT2D eigenvalue weighted by atomic mass is 9.96. The second-order valence-electron chi connectivity index (χ2n) is 7.85. The van der Waals surface area contributed by atoms with Crippen molar-refractivity contribution >= 4 is 22.0 Å². The Morgan fingerprint density at radius 2 is 2.03 bits per heavy atom. The second-order valence-corrected chi connectivity index (χ2v) is 9.73. The van der Waals surface area contributed by atoms with Crippen LogP contribution in [0.5, 0.6) is 5.75 Å². The minimum Gasteiger partial charge on any atom is -0.487 e. The van der Waals surface area contributed by atoms with Gasteiger partial charge in [-0.2, -0.15) is 0 Å². The van der Waals surface area contributed by atoms with Crippen LogP contribution in [0.25, 0.3) is 0 Å². The fraction of sp³-hybridized carbons (Fsp3) is 0.600. The summed E-state index contributed by atoms with van der Waals surface area (Å²) in [6.45, 7) is 2.18. The molecule has 1 aliphatic carbocycles. The summed E-state index contributed by atoms with van der Waals surface area (Å²) in [6, 6.07) is 3.50. The third-order valence-corrected chi connectivity index (χ3v) is 6.91. The van der Waals surface area contributed by atoms with Crippen LogP contribution in [-0.2, 0) is 14.8 Å². The van der Waals surface area contributed by atoms with Gasteiger partial charge in [-0.05, 0) is 56.7 Å². The molecule has 1 aliphatic heterocycles. The Hall–Kier alpha value is -2.20. The van der Waals surface area contributed by atoms with Gasteiger partial charge in [0.15, 0.2) is 11.6 Å². The summed E-state index contributed by atoms with van der Waals surface area (Å²) in [6.07, 6.45) is 4.59. The van der Waals surface area contributed by atoms with Crippen molar-refractivity contribution in [2.75, 3.05) is 18.8 Å². The third-order valence-electron chi connectivity index (χ3n) is 5.37. The van der Waals surface area contributed by atoms with Gasteiger partial charge in [0.25, 0.3) is 0 Å². The lowest BCUT2D eigenvalue weighted by Crippen LogP contribution is -2.30. The molecule has 0 radical (unpaired) electrons. The van der Waals surface area contributed by atoms with Gasteiger partial charge in [-0.1, -0.05) is 12.5 Å². The summed E-state index contributed by atoms with van der Waals surface area (Å²) in [5, 5.41) is 2.20. The zero-order chi connectivity index (χ0) is 21.7. The predicted molar refractivity (Wildman–Crippen MR) is 109 cm³/mol. The van der Waals surface area contributed by atoms with Gasteiger partial charge >= 0.3 is 6.03 Å². The van der Waals surface area contributed by atoms with Crippen molar-refractivity contribution in [1.29, 1.82) is 0 Å². The number of nitrogens with one attached hydrogen (secondary N) is 2. The maximum Gasteiger partial charge on any atom is 0.324 e. The average molecular weight is 442 g/mol. The van der Waals surface area contributed by atoms with Crippen LogP contribution in [0, 0.1) is 5.82 Å². The van der Waals surface area contributed by atoms with Gasteiger partial charge in [0.05, 0.1) is 11.9 Å². The maximum atomic E-state index is 14.0. The van der Waals surface area contributed by atoms with Crippen LogP contribution in [0.1, 0.15) is 57.1 Å². The molecule has 30 heavy (non-hydrogen) atoms. The van der Waals surface area contributed by atoms with E-state index in [-0.39, 0.29) is 30.1 Å². The molecule has 166 valence electrons. The molecule has 0 aromatic heterocycles. The van der Waals surface area contributed by atoms with E-state index >= 15 is 0 Å². The van der Waals surface area contributed by atoms with Crippen LogP contribution in [0.2, 0.25) is 0 Å². The molecule has 0 bridgehead atoms. The molecule has 2 fully saturated rings. The van der Waals surface area contributed by atoms with Crippen LogP contribution < -0.4 is 14.8 Å². The molecule has 0 spiro atoms. The number of benzene rings is 1. The smallest absolute Gasteiger partial charge is 0.324 e. The van der Waals surface area contributed by atoms with Gasteiger partial charge in [0.2, 0.25) is 15.9 Å². The minimum atomic E-state index is -3.52. The Morgan fingerprint density at radius 1 is 1.27 bits per heavy atom. The number of sulfonamides is 1. The number of amides is 3. The molecule has 3 rings (SSSR count). The Labute approximate surface area is 176 Å². The molecule has 1 aromatic carbocycles. The number of carbonyl (C=O) groups is 2. The molecule has 2 aliphatic rings. The van der Waals surface area contributed by atoms with Crippen molar-refractivity contribution < 1.29 is 27.1 Å². The number of imide groups is 1. The molecule has 10 heteroatoms. The van der Waals surface area contributed by atoms with E-state index in [9.17, 15) is 22.4 Å². The summed E-state index contributed by atoms with van der Waals surface area (Å²) in [7, 11) is -3.52. The molecular weight excluding hydrogens is 413 g/mol. The highest BCUT2D eigenvalue weighted by molar-refractivity contribution is 7.89. The van der Waals surface area contributed by atoms with Crippen LogP contribution >= 0.6 is 0 Å². The number of hydrogen-bond acceptors (Lipinski definition) is 5. The minimum absolute atomic E-state index is 0.0338. The van der Waals surface area contributed by atoms with E-state index in [0.29, 0.717) is 31.4 Å². The molecule has 1 saturated heterocycles. The van der Waals surface area contributed by atoms with E-state index in [2.05, 4.69) is 10.0 Å². The van der Waals surface area contributed by atoms with E-state index in [1.54, 1.807) is 19.1 Å². The zero-order valence-corrected chi connectivity index (χ0v) is 17.8. The Morgan fingerprint density at radius 3 is 2.67 bits per heavy atom. The molecule has 1 saturated carbocycles. The molecule has 1 unspecified atom stereocenters. The van der Waals surface area contributed by atoms with Gasteiger partial charge in [-0.25, -0.2) is 22.3 Å². The number of rotatable bonds is 11. The number of halogens is 1. The first kappa shape index (κ1) is 22.5. The number of unbranched alkanes of at least 4 members (excludes halogenated alkanes) is 2. The number of carbonyl (C=O) groups excluding carboxylic acids is 2. The SMILES string of the molecule is CC(NS(=O)(=O)CCCCCN1CC(=O)NC1=O)c1ccc(F)c(OC2CCC2)c1. The summed E-state index contributed by atoms with van der Waals surface area (Å²) in [5.74, 6) is -0.653. The molecule has 2 N–H and O–H groups in total. The van der Waals surface area contributed by atoms with Crippen molar-refractivity contribution in [3.8, 4) is 5.75 Å². The van der Waals surface area contributed by atoms with Gasteiger partial charge in [0.1, 0.15) is 6.54 Å². The topological polar surface area (TPSA) is 105 Å². The van der Waals surface area contributed by atoms with Gasteiger partial charge in [-0.3, -0.25) is 10.1 Å². The van der Waals surface area contributed by atoms with E-state index in [1.807, 2.05) is 0 Å². The van der Waals surface area contributed by atoms with Crippen LogP contribution in [0.3, 0.4) is 0 Å². The monoisotopic (exact) mass is 441 g/mol. The fourth-order valence-electron chi connectivity index (χ4n) is 3.38. The average Bonchev–Trinajstić information content (AvgIpc) is 2.95. The van der Waals surface area contributed by atoms with Crippen molar-refractivity contribution in [2.24, 2.45) is 0 Å². The third kappa shape index (κ3) is 6.15. The van der Waals surface area contributed by atoms with E-state index in [0.717, 1.165) is 19.3 Å². The highest BCUT2D eigenvalue weighted by atomic mass is 32.2. The number of hydrogen-bond donors (Lipinski definition) is 2. The number of urea groups is 1. The largest absolute Gasteiger partial charge is 0.487 e. The quantitative estimate of drug-likeness (QED) is 0.405. The molecule has 3 amide bonds. The number of nitrogens with zero attached hydrogens (tertiary/aromatic N) is 1. The van der Waals surface area contributed by atoms with E-state index in [1.165, 1.54) is 11.0 Å². The van der Waals surface area contributed by atoms with E-state index < -0.39 is 27.9 Å². The summed E-state index contributed by atoms with van der Waals surface area (Å²) < 4.78 is 47.0. The van der Waals surface area contributed by atoms with Gasteiger partial charge in [-0.15, -0.1) is 0 Å². The van der Waals surface area contributed by atoms with Crippen LogP contribution in [-0.4, -0.2) is 50.2 Å². The molecule has 1 atom stereocenters. The Balaban J connectivity index is 1.43. The van der Waals surface area contributed by atoms with Crippen molar-refractivity contribution in [2.45, 2.75) is 57.6 Å². The predicted octanol–water partition coefficient (Wildman–Crippen LogP) is 2.46. The lowest BCUT2D eigenvalue weighted by molar-refractivity contribution is -0.118. The summed E-state index contributed by atoms with van der Waals surface area (Å²) in [4.78, 5) is 24.0. The Bertz CT molecular complexity index is 888. The summed E-state index contributed by atoms with van der Waals surface area (Å²) >= 11 is 0. The van der Waals surface area contributed by atoms with Crippen molar-refractivity contribution in [3.63, 3.8) is 0 Å². The van der Waals surface area contributed by atoms with Gasteiger partial charge in [0, 0.05) is 12.6 Å². The fourth-order valence-corrected chi connectivity index (χ4v) is 4.76. The first-order valence-corrected chi connectivity index (χ1v) is 11.9. The molecular formula is C20H28FN3O5S. The standard InChI is InChI=1S/C20H28FN3O5S/c1-14(15-8-9-17(21)18(12-15)29-16-6-5-7-16)23-30(27,28)11-4-2-3-10-24-13-19(25)22-20(24)26/h8-9,12,14,16,23H,2-7,10-11,13H2,1H3,(H,22,25,26). The molecule has 1 aromatic rings. The first-order valence-electron chi connectivity index (χ1n) is 10.3. The number of ether oxygens (including phenoxy) is 1. The molecule has 8 nitrogen and oxygen atoms in total. The van der Waals surface area contributed by atoms with Gasteiger partial charge < -0.3 is 9.64 Å². The van der Waals surface area contributed by atoms with Crippen LogP contribution in [0.15, 0.2) is 18.2 Å². The normalized spacial score (nSPS) is 18.3. The highest BCUT2D eigenvalue weighted by Crippen LogP contribution is 2.29. The van der Waals surface area contributed by atoms with Crippen molar-refractivity contribution in [1.82, 2.24) is 14.9 Å². The van der Waals surface area contributed by atoms with E-state index in [4.69, 9.17) is 4.74 Å². The maximum absolute atomic E-state index is 14.0. The summed E-state index contributed by atoms with van der Waals surface area (Å²) in [5.41, 5.74) is 0.638.